The molecule has 36 heavy (non-hydrogen) atoms. The number of ether oxygens (including phenoxy) is 2. The maximum Gasteiger partial charge on any atom is 0.198 e. The second-order valence-corrected chi connectivity index (χ2v) is 8.47. The van der Waals surface area contributed by atoms with E-state index < -0.39 is 0 Å². The molecule has 0 amide bonds. The third-order valence-electron chi connectivity index (χ3n) is 5.79. The second kappa shape index (κ2) is 8.75. The van der Waals surface area contributed by atoms with Crippen molar-refractivity contribution in [3.63, 3.8) is 0 Å². The van der Waals surface area contributed by atoms with E-state index in [2.05, 4.69) is 31.7 Å². The fraction of sp³-hybridized carbons (Fsp3) is 0.200. The summed E-state index contributed by atoms with van der Waals surface area (Å²) in [6.45, 7) is 4.81. The van der Waals surface area contributed by atoms with Crippen molar-refractivity contribution in [3.8, 4) is 23.5 Å². The second-order valence-electron chi connectivity index (χ2n) is 8.47. The number of hydrogen-bond donors (Lipinski definition) is 1. The molecule has 1 aromatic carbocycles. The Balaban J connectivity index is 1.41. The zero-order chi connectivity index (χ0) is 24.6. The Hall–Kier alpha value is -4.82. The van der Waals surface area contributed by atoms with Gasteiger partial charge in [-0.3, -0.25) is 4.57 Å². The van der Waals surface area contributed by atoms with Gasteiger partial charge in [-0.25, -0.2) is 14.6 Å². The number of aromatic nitrogens is 7. The SMILES string of the molecule is Cc1ccc(Nc2ccc3ncn(-c4ccc(OC5COC5)c(-n5nc(C#N)cc5C)n4)c3c2)nn1. The average molecular weight is 480 g/mol. The van der Waals surface area contributed by atoms with Crippen LogP contribution in [0.2, 0.25) is 0 Å². The number of nitrogens with zero attached hydrogens (tertiary/aromatic N) is 8. The summed E-state index contributed by atoms with van der Waals surface area (Å²) >= 11 is 0. The molecule has 0 spiro atoms. The van der Waals surface area contributed by atoms with Crippen LogP contribution in [0.3, 0.4) is 0 Å². The number of benzene rings is 1. The van der Waals surface area contributed by atoms with Crippen molar-refractivity contribution in [2.75, 3.05) is 18.5 Å². The maximum absolute atomic E-state index is 9.33. The molecule has 1 aliphatic rings. The van der Waals surface area contributed by atoms with Crippen LogP contribution in [0.1, 0.15) is 17.1 Å². The number of hydrogen-bond acceptors (Lipinski definition) is 9. The van der Waals surface area contributed by atoms with Crippen molar-refractivity contribution in [1.29, 1.82) is 5.26 Å². The molecule has 5 heterocycles. The molecule has 1 N–H and O–H groups in total. The smallest absolute Gasteiger partial charge is 0.198 e. The molecule has 0 unspecified atom stereocenters. The van der Waals surface area contributed by atoms with E-state index in [1.54, 1.807) is 17.1 Å². The van der Waals surface area contributed by atoms with Crippen LogP contribution >= 0.6 is 0 Å². The average Bonchev–Trinajstić information content (AvgIpc) is 3.46. The van der Waals surface area contributed by atoms with Gasteiger partial charge in [-0.05, 0) is 62.4 Å². The number of rotatable bonds is 6. The quantitative estimate of drug-likeness (QED) is 0.389. The fourth-order valence-electron chi connectivity index (χ4n) is 3.89. The first kappa shape index (κ1) is 21.7. The Morgan fingerprint density at radius 2 is 1.97 bits per heavy atom. The maximum atomic E-state index is 9.33. The first-order chi connectivity index (χ1) is 17.6. The monoisotopic (exact) mass is 479 g/mol. The van der Waals surface area contributed by atoms with E-state index >= 15 is 0 Å². The van der Waals surface area contributed by atoms with Gasteiger partial charge in [0.25, 0.3) is 0 Å². The molecule has 0 radical (unpaired) electrons. The summed E-state index contributed by atoms with van der Waals surface area (Å²) in [6, 6.07) is 17.2. The molecular weight excluding hydrogens is 458 g/mol. The van der Waals surface area contributed by atoms with Gasteiger partial charge >= 0.3 is 0 Å². The molecule has 6 rings (SSSR count). The summed E-state index contributed by atoms with van der Waals surface area (Å²) in [5.74, 6) is 2.33. The highest BCUT2D eigenvalue weighted by molar-refractivity contribution is 5.82. The summed E-state index contributed by atoms with van der Waals surface area (Å²) < 4.78 is 14.9. The Labute approximate surface area is 206 Å². The highest BCUT2D eigenvalue weighted by Gasteiger charge is 2.24. The lowest BCUT2D eigenvalue weighted by atomic mass is 10.2. The number of fused-ring (bicyclic) bond motifs is 1. The van der Waals surface area contributed by atoms with E-state index in [1.807, 2.05) is 60.9 Å². The minimum atomic E-state index is -0.0460. The van der Waals surface area contributed by atoms with Gasteiger partial charge < -0.3 is 14.8 Å². The van der Waals surface area contributed by atoms with Gasteiger partial charge in [-0.2, -0.15) is 15.5 Å². The summed E-state index contributed by atoms with van der Waals surface area (Å²) in [4.78, 5) is 9.42. The highest BCUT2D eigenvalue weighted by Crippen LogP contribution is 2.28. The van der Waals surface area contributed by atoms with Crippen LogP contribution < -0.4 is 10.1 Å². The van der Waals surface area contributed by atoms with Crippen LogP contribution in [0.4, 0.5) is 11.5 Å². The molecule has 1 aliphatic heterocycles. The first-order valence-corrected chi connectivity index (χ1v) is 11.3. The molecule has 1 fully saturated rings. The van der Waals surface area contributed by atoms with Gasteiger partial charge in [-0.15, -0.1) is 5.10 Å². The first-order valence-electron chi connectivity index (χ1n) is 11.3. The zero-order valence-corrected chi connectivity index (χ0v) is 19.6. The summed E-state index contributed by atoms with van der Waals surface area (Å²) in [5, 5.41) is 25.3. The summed E-state index contributed by atoms with van der Waals surface area (Å²) in [5.41, 5.74) is 4.44. The lowest BCUT2D eigenvalue weighted by Crippen LogP contribution is -2.38. The van der Waals surface area contributed by atoms with Crippen LogP contribution in [-0.4, -0.2) is 53.8 Å². The van der Waals surface area contributed by atoms with Crippen molar-refractivity contribution in [3.05, 3.63) is 71.9 Å². The molecular formula is C25H21N9O2. The lowest BCUT2D eigenvalue weighted by Gasteiger charge is -2.27. The van der Waals surface area contributed by atoms with E-state index in [0.29, 0.717) is 42.1 Å². The predicted octanol–water partition coefficient (Wildman–Crippen LogP) is 3.41. The van der Waals surface area contributed by atoms with Crippen LogP contribution in [0.25, 0.3) is 22.7 Å². The van der Waals surface area contributed by atoms with E-state index in [-0.39, 0.29) is 6.10 Å². The van der Waals surface area contributed by atoms with Crippen LogP contribution in [0.5, 0.6) is 5.75 Å². The van der Waals surface area contributed by atoms with Gasteiger partial charge in [0.15, 0.2) is 23.1 Å². The normalized spacial score (nSPS) is 13.4. The number of pyridine rings is 1. The van der Waals surface area contributed by atoms with Crippen molar-refractivity contribution in [1.82, 2.24) is 34.5 Å². The number of nitrogens with one attached hydrogen (secondary N) is 1. The van der Waals surface area contributed by atoms with Crippen LogP contribution in [0.15, 0.2) is 54.9 Å². The van der Waals surface area contributed by atoms with Crippen LogP contribution in [-0.2, 0) is 4.74 Å². The molecule has 1 saturated heterocycles. The molecule has 0 bridgehead atoms. The molecule has 0 saturated carbocycles. The van der Waals surface area contributed by atoms with Crippen molar-refractivity contribution >= 4 is 22.5 Å². The van der Waals surface area contributed by atoms with Gasteiger partial charge in [-0.1, -0.05) is 0 Å². The Morgan fingerprint density at radius 3 is 2.69 bits per heavy atom. The minimum Gasteiger partial charge on any atom is -0.482 e. The van der Waals surface area contributed by atoms with Crippen molar-refractivity contribution in [2.24, 2.45) is 0 Å². The third-order valence-corrected chi connectivity index (χ3v) is 5.79. The van der Waals surface area contributed by atoms with E-state index in [0.717, 1.165) is 28.1 Å². The van der Waals surface area contributed by atoms with Crippen molar-refractivity contribution in [2.45, 2.75) is 20.0 Å². The third kappa shape index (κ3) is 3.99. The molecule has 178 valence electrons. The molecule has 4 aromatic heterocycles. The Kier molecular flexibility index (Phi) is 5.28. The number of imidazole rings is 1. The molecule has 0 atom stereocenters. The van der Waals surface area contributed by atoms with Gasteiger partial charge in [0.05, 0.1) is 29.9 Å². The fourth-order valence-corrected chi connectivity index (χ4v) is 3.89. The topological polar surface area (TPSA) is 129 Å². The Morgan fingerprint density at radius 1 is 1.08 bits per heavy atom. The van der Waals surface area contributed by atoms with Crippen LogP contribution in [0, 0.1) is 25.2 Å². The predicted molar refractivity (Wildman–Crippen MR) is 131 cm³/mol. The molecule has 11 nitrogen and oxygen atoms in total. The number of anilines is 2. The molecule has 5 aromatic rings. The van der Waals surface area contributed by atoms with Gasteiger partial charge in [0.1, 0.15) is 24.3 Å². The molecule has 11 heteroatoms. The largest absolute Gasteiger partial charge is 0.482 e. The summed E-state index contributed by atoms with van der Waals surface area (Å²) in [7, 11) is 0. The molecule has 0 aliphatic carbocycles. The Bertz CT molecular complexity index is 1610. The summed E-state index contributed by atoms with van der Waals surface area (Å²) in [6.07, 6.45) is 1.68. The zero-order valence-electron chi connectivity index (χ0n) is 19.6. The van der Waals surface area contributed by atoms with Crippen molar-refractivity contribution < 1.29 is 9.47 Å². The number of nitriles is 1. The van der Waals surface area contributed by atoms with E-state index in [1.165, 1.54) is 0 Å². The highest BCUT2D eigenvalue weighted by atomic mass is 16.6. The van der Waals surface area contributed by atoms with E-state index in [4.69, 9.17) is 14.5 Å². The number of aryl methyl sites for hydroxylation is 2. The lowest BCUT2D eigenvalue weighted by molar-refractivity contribution is -0.0798. The van der Waals surface area contributed by atoms with E-state index in [9.17, 15) is 5.26 Å². The van der Waals surface area contributed by atoms with Gasteiger partial charge in [0.2, 0.25) is 0 Å². The minimum absolute atomic E-state index is 0.0460. The standard InChI is InChI=1S/C25H21N9O2/c1-15-3-7-23(31-30-15)28-17-4-5-20-21(10-17)33(14-27-20)24-8-6-22(36-19-12-35-13-19)25(29-24)34-16(2)9-18(11-26)32-34/h3-10,14,19H,12-13H2,1-2H3,(H,28,31). The van der Waals surface area contributed by atoms with Gasteiger partial charge in [0, 0.05) is 11.4 Å².